The number of nitrogens with one attached hydrogen (secondary N) is 1. The van der Waals surface area contributed by atoms with Crippen molar-refractivity contribution in [3.8, 4) is 0 Å². The zero-order valence-electron chi connectivity index (χ0n) is 15.5. The zero-order valence-corrected chi connectivity index (χ0v) is 17.2. The molecule has 2 rings (SSSR count). The summed E-state index contributed by atoms with van der Waals surface area (Å²) in [6, 6.07) is 10.2. The lowest BCUT2D eigenvalue weighted by Gasteiger charge is -2.28. The van der Waals surface area contributed by atoms with Gasteiger partial charge in [0.1, 0.15) is 0 Å². The summed E-state index contributed by atoms with van der Waals surface area (Å²) in [5, 5.41) is 14.3. The molecule has 1 aliphatic rings. The number of nitrogens with zero attached hydrogens (tertiary/aromatic N) is 1. The molecule has 2 atom stereocenters. The Balaban J connectivity index is 0.00000288. The van der Waals surface area contributed by atoms with Gasteiger partial charge in [-0.05, 0) is 57.4 Å². The summed E-state index contributed by atoms with van der Waals surface area (Å²) in [4.78, 5) is 2.58. The second-order valence-corrected chi connectivity index (χ2v) is 6.81. The van der Waals surface area contributed by atoms with Crippen molar-refractivity contribution in [3.05, 3.63) is 35.9 Å². The molecule has 0 bridgehead atoms. The third-order valence-corrected chi connectivity index (χ3v) is 4.90. The summed E-state index contributed by atoms with van der Waals surface area (Å²) in [5.41, 5.74) is 1.03. The first-order valence-electron chi connectivity index (χ1n) is 9.50. The number of hydrogen-bond acceptors (Lipinski definition) is 3. The highest BCUT2D eigenvalue weighted by molar-refractivity contribution is 5.85. The summed E-state index contributed by atoms with van der Waals surface area (Å²) < 4.78 is 0. The molecule has 0 spiro atoms. The van der Waals surface area contributed by atoms with Crippen LogP contribution < -0.4 is 5.32 Å². The summed E-state index contributed by atoms with van der Waals surface area (Å²) in [6.07, 6.45) is 8.26. The fourth-order valence-corrected chi connectivity index (χ4v) is 3.45. The van der Waals surface area contributed by atoms with E-state index >= 15 is 0 Å². The van der Waals surface area contributed by atoms with Gasteiger partial charge >= 0.3 is 0 Å². The minimum atomic E-state index is -0.405. The summed E-state index contributed by atoms with van der Waals surface area (Å²) in [5.74, 6) is 0. The number of aliphatic hydroxyl groups excluding tert-OH is 1. The molecule has 146 valence electrons. The number of aliphatic hydroxyl groups is 1. The minimum Gasteiger partial charge on any atom is -0.387 e. The number of hydrogen-bond donors (Lipinski definition) is 2. The van der Waals surface area contributed by atoms with Crippen LogP contribution in [-0.4, -0.2) is 42.2 Å². The van der Waals surface area contributed by atoms with Crippen LogP contribution in [0.15, 0.2) is 30.3 Å². The Morgan fingerprint density at radius 2 is 1.72 bits per heavy atom. The van der Waals surface area contributed by atoms with Crippen LogP contribution in [0.5, 0.6) is 0 Å². The second-order valence-electron chi connectivity index (χ2n) is 6.81. The smallest absolute Gasteiger partial charge is 0.0942 e. The zero-order chi connectivity index (χ0) is 16.3. The number of benzene rings is 1. The molecule has 25 heavy (non-hydrogen) atoms. The Bertz CT molecular complexity index is 413. The second kappa shape index (κ2) is 14.8. The van der Waals surface area contributed by atoms with E-state index in [4.69, 9.17) is 0 Å². The lowest BCUT2D eigenvalue weighted by atomic mass is 9.97. The maximum atomic E-state index is 10.7. The van der Waals surface area contributed by atoms with Gasteiger partial charge in [0.2, 0.25) is 0 Å². The fourth-order valence-electron chi connectivity index (χ4n) is 3.45. The van der Waals surface area contributed by atoms with E-state index < -0.39 is 6.10 Å². The highest BCUT2D eigenvalue weighted by Crippen LogP contribution is 2.20. The molecular formula is C20H36Cl2N2O. The Kier molecular flexibility index (Phi) is 14.6. The maximum absolute atomic E-state index is 10.7. The molecule has 3 nitrogen and oxygen atoms in total. The molecular weight excluding hydrogens is 355 g/mol. The monoisotopic (exact) mass is 390 g/mol. The van der Waals surface area contributed by atoms with Gasteiger partial charge in [-0.15, -0.1) is 24.8 Å². The number of halogens is 2. The van der Waals surface area contributed by atoms with Crippen molar-refractivity contribution in [2.75, 3.05) is 26.2 Å². The third kappa shape index (κ3) is 9.25. The number of unbranched alkanes of at least 4 members (excludes halogenated alkanes) is 1. The molecule has 0 radical (unpaired) electrons. The molecule has 2 N–H and O–H groups in total. The molecule has 1 heterocycles. The van der Waals surface area contributed by atoms with Crippen molar-refractivity contribution in [2.45, 2.75) is 64.0 Å². The Hall–Kier alpha value is -0.320. The number of piperidine rings is 1. The van der Waals surface area contributed by atoms with Gasteiger partial charge in [0.05, 0.1) is 6.10 Å². The maximum Gasteiger partial charge on any atom is 0.0942 e. The molecule has 0 saturated carbocycles. The van der Waals surface area contributed by atoms with E-state index in [1.165, 1.54) is 51.7 Å². The average Bonchev–Trinajstić information content (AvgIpc) is 2.62. The lowest BCUT2D eigenvalue weighted by Crippen LogP contribution is -2.38. The van der Waals surface area contributed by atoms with Crippen molar-refractivity contribution in [2.24, 2.45) is 0 Å². The van der Waals surface area contributed by atoms with Crippen LogP contribution in [0.2, 0.25) is 0 Å². The van der Waals surface area contributed by atoms with Gasteiger partial charge in [0.15, 0.2) is 0 Å². The Morgan fingerprint density at radius 1 is 1.04 bits per heavy atom. The fraction of sp³-hybridized carbons (Fsp3) is 0.700. The lowest BCUT2D eigenvalue weighted by molar-refractivity contribution is 0.121. The van der Waals surface area contributed by atoms with Crippen LogP contribution in [0.3, 0.4) is 0 Å². The van der Waals surface area contributed by atoms with E-state index in [1.807, 2.05) is 30.3 Å². The van der Waals surface area contributed by atoms with Crippen LogP contribution >= 0.6 is 24.8 Å². The highest BCUT2D eigenvalue weighted by Gasteiger charge is 2.19. The topological polar surface area (TPSA) is 35.5 Å². The van der Waals surface area contributed by atoms with E-state index in [1.54, 1.807) is 0 Å². The van der Waals surface area contributed by atoms with Crippen LogP contribution in [0.25, 0.3) is 0 Å². The van der Waals surface area contributed by atoms with Gasteiger partial charge in [0, 0.05) is 6.04 Å². The van der Waals surface area contributed by atoms with Gasteiger partial charge in [-0.25, -0.2) is 0 Å². The van der Waals surface area contributed by atoms with Crippen molar-refractivity contribution in [1.29, 1.82) is 0 Å². The van der Waals surface area contributed by atoms with Crippen LogP contribution in [0.1, 0.15) is 63.5 Å². The molecule has 0 aromatic heterocycles. The van der Waals surface area contributed by atoms with E-state index in [-0.39, 0.29) is 30.9 Å². The quantitative estimate of drug-likeness (QED) is 0.573. The van der Waals surface area contributed by atoms with Gasteiger partial charge in [-0.1, -0.05) is 56.5 Å². The van der Waals surface area contributed by atoms with Gasteiger partial charge in [-0.3, -0.25) is 0 Å². The molecule has 1 aromatic rings. The van der Waals surface area contributed by atoms with Gasteiger partial charge in [0.25, 0.3) is 0 Å². The van der Waals surface area contributed by atoms with Crippen molar-refractivity contribution >= 4 is 24.8 Å². The van der Waals surface area contributed by atoms with Gasteiger partial charge in [-0.2, -0.15) is 0 Å². The van der Waals surface area contributed by atoms with Crippen molar-refractivity contribution in [3.63, 3.8) is 0 Å². The first-order chi connectivity index (χ1) is 11.3. The molecule has 1 aromatic carbocycles. The SMILES string of the molecule is CCCC[C@H](NCCCN1CCCCC1)[C@H](O)c1ccccc1.Cl.Cl. The average molecular weight is 391 g/mol. The molecule has 5 heteroatoms. The normalized spacial score (nSPS) is 17.2. The Labute approximate surface area is 166 Å². The predicted molar refractivity (Wildman–Crippen MR) is 112 cm³/mol. The van der Waals surface area contributed by atoms with Crippen molar-refractivity contribution < 1.29 is 5.11 Å². The Morgan fingerprint density at radius 3 is 2.36 bits per heavy atom. The molecule has 1 saturated heterocycles. The first-order valence-corrected chi connectivity index (χ1v) is 9.50. The largest absolute Gasteiger partial charge is 0.387 e. The standard InChI is InChI=1S/C20H34N2O.2ClH/c1-2-3-13-19(20(23)18-11-6-4-7-12-18)21-14-10-17-22-15-8-5-9-16-22;;/h4,6-7,11-12,19-21,23H,2-3,5,8-10,13-17H2,1H3;2*1H/t19-,20+;;/m0../s1. The van der Waals surface area contributed by atoms with Gasteiger partial charge < -0.3 is 15.3 Å². The van der Waals surface area contributed by atoms with Crippen molar-refractivity contribution in [1.82, 2.24) is 10.2 Å². The third-order valence-electron chi connectivity index (χ3n) is 4.90. The highest BCUT2D eigenvalue weighted by atomic mass is 35.5. The molecule has 0 unspecified atom stereocenters. The summed E-state index contributed by atoms with van der Waals surface area (Å²) in [6.45, 7) is 6.93. The first kappa shape index (κ1) is 24.7. The van der Waals surface area contributed by atoms with Crippen LogP contribution in [0, 0.1) is 0 Å². The molecule has 0 aliphatic carbocycles. The number of likely N-dealkylation sites (tertiary alicyclic amines) is 1. The van der Waals surface area contributed by atoms with E-state index in [0.29, 0.717) is 0 Å². The van der Waals surface area contributed by atoms with E-state index in [9.17, 15) is 5.11 Å². The summed E-state index contributed by atoms with van der Waals surface area (Å²) >= 11 is 0. The van der Waals surface area contributed by atoms with Crippen LogP contribution in [0.4, 0.5) is 0 Å². The minimum absolute atomic E-state index is 0. The van der Waals surface area contributed by atoms with E-state index in [2.05, 4.69) is 17.1 Å². The summed E-state index contributed by atoms with van der Waals surface area (Å²) in [7, 11) is 0. The van der Waals surface area contributed by atoms with E-state index in [0.717, 1.165) is 24.9 Å². The van der Waals surface area contributed by atoms with Crippen LogP contribution in [-0.2, 0) is 0 Å². The predicted octanol–water partition coefficient (Wildman–Crippen LogP) is 4.59. The molecule has 1 aliphatic heterocycles. The molecule has 1 fully saturated rings. The molecule has 0 amide bonds. The number of rotatable bonds is 10.